The zero-order valence-corrected chi connectivity index (χ0v) is 11.9. The van der Waals surface area contributed by atoms with Gasteiger partial charge in [0.15, 0.2) is 0 Å². The van der Waals surface area contributed by atoms with Crippen LogP contribution in [0.2, 0.25) is 0 Å². The van der Waals surface area contributed by atoms with Gasteiger partial charge in [-0.1, -0.05) is 6.07 Å². The molecule has 2 aromatic rings. The zero-order valence-electron chi connectivity index (χ0n) is 10.3. The van der Waals surface area contributed by atoms with Gasteiger partial charge in [0.2, 0.25) is 5.88 Å². The van der Waals surface area contributed by atoms with Crippen molar-refractivity contribution in [1.29, 1.82) is 0 Å². The number of nitrogens with zero attached hydrogens (tertiary/aromatic N) is 2. The molecule has 0 radical (unpaired) electrons. The van der Waals surface area contributed by atoms with Crippen LogP contribution >= 0.6 is 15.9 Å². The Morgan fingerprint density at radius 2 is 2.11 bits per heavy atom. The van der Waals surface area contributed by atoms with Crippen molar-refractivity contribution in [1.82, 2.24) is 9.97 Å². The lowest BCUT2D eigenvalue weighted by Gasteiger charge is -2.07. The summed E-state index contributed by atoms with van der Waals surface area (Å²) >= 11 is 3.38. The number of hydrogen-bond acceptors (Lipinski definition) is 4. The maximum Gasteiger partial charge on any atom is 0.212 e. The van der Waals surface area contributed by atoms with E-state index in [0.29, 0.717) is 12.4 Å². The van der Waals surface area contributed by atoms with Crippen molar-refractivity contribution in [3.63, 3.8) is 0 Å². The van der Waals surface area contributed by atoms with Gasteiger partial charge in [-0.15, -0.1) is 0 Å². The number of aryl methyl sites for hydroxylation is 1. The van der Waals surface area contributed by atoms with Crippen LogP contribution in [-0.2, 0) is 6.54 Å². The third-order valence-corrected chi connectivity index (χ3v) is 3.35. The molecule has 1 N–H and O–H groups in total. The smallest absolute Gasteiger partial charge is 0.212 e. The molecule has 0 unspecified atom stereocenters. The molecule has 0 aliphatic heterocycles. The van der Waals surface area contributed by atoms with Crippen LogP contribution in [0, 0.1) is 6.92 Å². The summed E-state index contributed by atoms with van der Waals surface area (Å²) in [5, 5.41) is 3.30. The summed E-state index contributed by atoms with van der Waals surface area (Å²) in [4.78, 5) is 8.39. The van der Waals surface area contributed by atoms with Crippen molar-refractivity contribution in [2.24, 2.45) is 0 Å². The monoisotopic (exact) mass is 307 g/mol. The van der Waals surface area contributed by atoms with Crippen LogP contribution in [0.15, 0.2) is 35.2 Å². The van der Waals surface area contributed by atoms with Crippen molar-refractivity contribution in [3.05, 3.63) is 46.3 Å². The summed E-state index contributed by atoms with van der Waals surface area (Å²) in [5.74, 6) is 0.625. The summed E-state index contributed by atoms with van der Waals surface area (Å²) in [6.07, 6.45) is 3.60. The first kappa shape index (κ1) is 12.8. The first-order valence-corrected chi connectivity index (χ1v) is 6.33. The lowest BCUT2D eigenvalue weighted by molar-refractivity contribution is 0.397. The van der Waals surface area contributed by atoms with Gasteiger partial charge in [-0.2, -0.15) is 0 Å². The average Bonchev–Trinajstić information content (AvgIpc) is 2.41. The fourth-order valence-electron chi connectivity index (χ4n) is 1.50. The van der Waals surface area contributed by atoms with Gasteiger partial charge in [0.05, 0.1) is 19.0 Å². The van der Waals surface area contributed by atoms with Gasteiger partial charge in [-0.05, 0) is 40.0 Å². The Balaban J connectivity index is 1.99. The highest BCUT2D eigenvalue weighted by Gasteiger charge is 1.99. The molecule has 18 heavy (non-hydrogen) atoms. The molecule has 0 bridgehead atoms. The first-order valence-electron chi connectivity index (χ1n) is 5.54. The molecule has 0 aliphatic rings. The average molecular weight is 308 g/mol. The molecule has 2 heterocycles. The van der Waals surface area contributed by atoms with E-state index in [2.05, 4.69) is 31.2 Å². The third kappa shape index (κ3) is 3.20. The molecule has 0 fully saturated rings. The van der Waals surface area contributed by atoms with E-state index in [1.165, 1.54) is 0 Å². The molecule has 94 valence electrons. The quantitative estimate of drug-likeness (QED) is 0.881. The van der Waals surface area contributed by atoms with Gasteiger partial charge >= 0.3 is 0 Å². The van der Waals surface area contributed by atoms with Crippen molar-refractivity contribution in [3.8, 4) is 5.88 Å². The second kappa shape index (κ2) is 5.82. The van der Waals surface area contributed by atoms with E-state index in [-0.39, 0.29) is 0 Å². The highest BCUT2D eigenvalue weighted by atomic mass is 79.9. The third-order valence-electron chi connectivity index (χ3n) is 2.52. The van der Waals surface area contributed by atoms with E-state index in [1.807, 2.05) is 25.1 Å². The predicted octanol–water partition coefficient (Wildman–Crippen LogP) is 3.17. The highest BCUT2D eigenvalue weighted by Crippen LogP contribution is 2.17. The minimum absolute atomic E-state index is 0.625. The Morgan fingerprint density at radius 1 is 1.28 bits per heavy atom. The molecule has 0 amide bonds. The number of rotatable bonds is 4. The molecule has 0 aliphatic carbocycles. The predicted molar refractivity (Wildman–Crippen MR) is 74.8 cm³/mol. The first-order chi connectivity index (χ1) is 8.69. The number of hydrogen-bond donors (Lipinski definition) is 1. The molecule has 0 spiro atoms. The SMILES string of the molecule is COc1ccc(CNc2cnc(Br)c(C)c2)cn1. The molecule has 5 heteroatoms. The topological polar surface area (TPSA) is 47.0 Å². The van der Waals surface area contributed by atoms with E-state index in [4.69, 9.17) is 4.74 Å². The lowest BCUT2D eigenvalue weighted by atomic mass is 10.2. The molecule has 4 nitrogen and oxygen atoms in total. The maximum absolute atomic E-state index is 5.01. The Kier molecular flexibility index (Phi) is 4.15. The van der Waals surface area contributed by atoms with Crippen LogP contribution < -0.4 is 10.1 Å². The summed E-state index contributed by atoms with van der Waals surface area (Å²) < 4.78 is 5.89. The second-order valence-electron chi connectivity index (χ2n) is 3.89. The van der Waals surface area contributed by atoms with Gasteiger partial charge in [-0.25, -0.2) is 9.97 Å². The Bertz CT molecular complexity index is 528. The highest BCUT2D eigenvalue weighted by molar-refractivity contribution is 9.10. The van der Waals surface area contributed by atoms with E-state index in [1.54, 1.807) is 19.5 Å². The molecule has 0 aromatic carbocycles. The van der Waals surface area contributed by atoms with Crippen molar-refractivity contribution < 1.29 is 4.74 Å². The maximum atomic E-state index is 5.01. The summed E-state index contributed by atoms with van der Waals surface area (Å²) in [7, 11) is 1.61. The van der Waals surface area contributed by atoms with Crippen LogP contribution in [-0.4, -0.2) is 17.1 Å². The molecular formula is C13H14BrN3O. The number of ether oxygens (including phenoxy) is 1. The van der Waals surface area contributed by atoms with Crippen LogP contribution in [0.25, 0.3) is 0 Å². The lowest BCUT2D eigenvalue weighted by Crippen LogP contribution is -2.01. The van der Waals surface area contributed by atoms with Gasteiger partial charge in [0.25, 0.3) is 0 Å². The Morgan fingerprint density at radius 3 is 2.72 bits per heavy atom. The normalized spacial score (nSPS) is 10.2. The summed E-state index contributed by atoms with van der Waals surface area (Å²) in [6, 6.07) is 5.88. The van der Waals surface area contributed by atoms with Crippen molar-refractivity contribution in [2.75, 3.05) is 12.4 Å². The van der Waals surface area contributed by atoms with Gasteiger partial charge in [-0.3, -0.25) is 0 Å². The van der Waals surface area contributed by atoms with Gasteiger partial charge in [0, 0.05) is 18.8 Å². The van der Waals surface area contributed by atoms with E-state index in [0.717, 1.165) is 21.4 Å². The molecule has 2 rings (SSSR count). The Hall–Kier alpha value is -1.62. The summed E-state index contributed by atoms with van der Waals surface area (Å²) in [6.45, 7) is 2.72. The van der Waals surface area contributed by atoms with Crippen LogP contribution in [0.1, 0.15) is 11.1 Å². The van der Waals surface area contributed by atoms with Gasteiger partial charge < -0.3 is 10.1 Å². The number of methoxy groups -OCH3 is 1. The number of pyridine rings is 2. The molecule has 0 atom stereocenters. The van der Waals surface area contributed by atoms with Crippen molar-refractivity contribution in [2.45, 2.75) is 13.5 Å². The van der Waals surface area contributed by atoms with E-state index in [9.17, 15) is 0 Å². The van der Waals surface area contributed by atoms with Crippen LogP contribution in [0.3, 0.4) is 0 Å². The van der Waals surface area contributed by atoms with Crippen LogP contribution in [0.5, 0.6) is 5.88 Å². The largest absolute Gasteiger partial charge is 0.481 e. The van der Waals surface area contributed by atoms with Crippen LogP contribution in [0.4, 0.5) is 5.69 Å². The minimum atomic E-state index is 0.625. The molecule has 0 saturated carbocycles. The number of nitrogens with one attached hydrogen (secondary N) is 1. The number of halogens is 1. The number of aromatic nitrogens is 2. The zero-order chi connectivity index (χ0) is 13.0. The summed E-state index contributed by atoms with van der Waals surface area (Å²) in [5.41, 5.74) is 3.19. The number of anilines is 1. The fraction of sp³-hybridized carbons (Fsp3) is 0.231. The molecule has 2 aromatic heterocycles. The molecular weight excluding hydrogens is 294 g/mol. The van der Waals surface area contributed by atoms with Crippen molar-refractivity contribution >= 4 is 21.6 Å². The fourth-order valence-corrected chi connectivity index (χ4v) is 1.71. The van der Waals surface area contributed by atoms with Gasteiger partial charge in [0.1, 0.15) is 4.60 Å². The molecule has 0 saturated heterocycles. The minimum Gasteiger partial charge on any atom is -0.481 e. The second-order valence-corrected chi connectivity index (χ2v) is 4.65. The standard InChI is InChI=1S/C13H14BrN3O/c1-9-5-11(8-17-13(9)14)15-6-10-3-4-12(18-2)16-7-10/h3-5,7-8,15H,6H2,1-2H3. The van der Waals surface area contributed by atoms with E-state index >= 15 is 0 Å². The van der Waals surface area contributed by atoms with E-state index < -0.39 is 0 Å². The Labute approximate surface area is 115 Å².